The Bertz CT molecular complexity index is 1400. The number of aryl methyl sites for hydroxylation is 2. The molecule has 0 radical (unpaired) electrons. The largest absolute Gasteiger partial charge is 0.433 e. The van der Waals surface area contributed by atoms with Crippen molar-refractivity contribution >= 4 is 22.5 Å². The Kier molecular flexibility index (Phi) is 11.2. The predicted molar refractivity (Wildman–Crippen MR) is 163 cm³/mol. The van der Waals surface area contributed by atoms with E-state index in [0.29, 0.717) is 36.8 Å². The van der Waals surface area contributed by atoms with Gasteiger partial charge in [-0.15, -0.1) is 0 Å². The fourth-order valence-electron chi connectivity index (χ4n) is 6.17. The average molecular weight is 622 g/mol. The van der Waals surface area contributed by atoms with Crippen molar-refractivity contribution in [1.82, 2.24) is 20.1 Å². The van der Waals surface area contributed by atoms with Gasteiger partial charge in [-0.1, -0.05) is 51.5 Å². The molecule has 1 aliphatic rings. The van der Waals surface area contributed by atoms with Gasteiger partial charge in [0.05, 0.1) is 17.3 Å². The van der Waals surface area contributed by atoms with E-state index in [4.69, 9.17) is 0 Å². The topological polar surface area (TPSA) is 71.8 Å². The summed E-state index contributed by atoms with van der Waals surface area (Å²) < 4.78 is 71.1. The van der Waals surface area contributed by atoms with Gasteiger partial charge in [0.25, 0.3) is 11.8 Å². The highest BCUT2D eigenvalue weighted by Crippen LogP contribution is 2.35. The van der Waals surface area contributed by atoms with Crippen molar-refractivity contribution in [2.75, 3.05) is 5.32 Å². The van der Waals surface area contributed by atoms with E-state index in [2.05, 4.69) is 27.6 Å². The van der Waals surface area contributed by atoms with Gasteiger partial charge in [-0.2, -0.15) is 27.1 Å². The normalized spacial score (nSPS) is 17.6. The average Bonchev–Trinajstić information content (AvgIpc) is 3.42. The van der Waals surface area contributed by atoms with E-state index in [0.717, 1.165) is 48.7 Å². The third kappa shape index (κ3) is 8.69. The van der Waals surface area contributed by atoms with Crippen LogP contribution in [-0.4, -0.2) is 32.8 Å². The number of carbonyl (C=O) groups is 1. The van der Waals surface area contributed by atoms with Crippen LogP contribution in [0.2, 0.25) is 0 Å². The van der Waals surface area contributed by atoms with Crippen LogP contribution in [0, 0.1) is 0 Å². The van der Waals surface area contributed by atoms with Gasteiger partial charge < -0.3 is 10.6 Å². The number of amides is 1. The van der Waals surface area contributed by atoms with Gasteiger partial charge in [-0.05, 0) is 69.2 Å². The van der Waals surface area contributed by atoms with E-state index in [1.807, 2.05) is 12.1 Å². The van der Waals surface area contributed by atoms with Crippen molar-refractivity contribution in [2.45, 2.75) is 129 Å². The van der Waals surface area contributed by atoms with Crippen molar-refractivity contribution in [1.29, 1.82) is 0 Å². The van der Waals surface area contributed by atoms with E-state index >= 15 is 0 Å². The number of halogens is 5. The lowest BCUT2D eigenvalue weighted by Gasteiger charge is -2.31. The van der Waals surface area contributed by atoms with Gasteiger partial charge in [0.15, 0.2) is 0 Å². The molecule has 3 aromatic rings. The number of pyridine rings is 1. The molecular weight excluding hydrogens is 577 g/mol. The first kappa shape index (κ1) is 33.6. The summed E-state index contributed by atoms with van der Waals surface area (Å²) in [6.45, 7) is 4.80. The lowest BCUT2D eigenvalue weighted by molar-refractivity contribution is -0.140. The first-order chi connectivity index (χ1) is 20.9. The molecule has 1 aromatic carbocycles. The monoisotopic (exact) mass is 621 g/mol. The zero-order chi connectivity index (χ0) is 31.9. The van der Waals surface area contributed by atoms with Crippen LogP contribution in [-0.2, 0) is 25.1 Å². The molecule has 0 saturated heterocycles. The number of carbonyl (C=O) groups excluding carboxylic acids is 1. The molecule has 11 heteroatoms. The van der Waals surface area contributed by atoms with Gasteiger partial charge in [-0.25, -0.2) is 4.98 Å². The molecule has 44 heavy (non-hydrogen) atoms. The number of fused-ring (bicyclic) bond motifs is 1. The van der Waals surface area contributed by atoms with E-state index in [1.165, 1.54) is 32.1 Å². The van der Waals surface area contributed by atoms with Crippen molar-refractivity contribution in [3.05, 3.63) is 53.0 Å². The Morgan fingerprint density at radius 2 is 1.68 bits per heavy atom. The van der Waals surface area contributed by atoms with Crippen LogP contribution in [0.25, 0.3) is 10.9 Å². The van der Waals surface area contributed by atoms with Crippen LogP contribution < -0.4 is 10.6 Å². The van der Waals surface area contributed by atoms with Crippen LogP contribution in [0.1, 0.15) is 119 Å². The minimum atomic E-state index is -4.61. The fourth-order valence-corrected chi connectivity index (χ4v) is 6.17. The molecule has 6 nitrogen and oxygen atoms in total. The molecule has 1 saturated carbocycles. The Hall–Kier alpha value is -3.24. The molecular formula is C33H44F5N5O. The summed E-state index contributed by atoms with van der Waals surface area (Å²) in [5.74, 6) is -3.88. The molecule has 1 amide bonds. The van der Waals surface area contributed by atoms with Crippen molar-refractivity contribution in [2.24, 2.45) is 0 Å². The maximum absolute atomic E-state index is 14.3. The van der Waals surface area contributed by atoms with Crippen molar-refractivity contribution < 1.29 is 26.7 Å². The SMILES string of the molecule is CCCCCCCCCc1ccc2nc(C(F)(F)F)cc(N[C@H]3CCC[C@@H](NC(=O)c4cnn(CC)c4C(C)(F)F)C3)c2c1. The lowest BCUT2D eigenvalue weighted by atomic mass is 9.90. The van der Waals surface area contributed by atoms with Crippen LogP contribution >= 0.6 is 0 Å². The predicted octanol–water partition coefficient (Wildman–Crippen LogP) is 9.03. The molecule has 0 aliphatic heterocycles. The summed E-state index contributed by atoms with van der Waals surface area (Å²) in [5, 5.41) is 10.8. The highest BCUT2D eigenvalue weighted by atomic mass is 19.4. The number of hydrogen-bond acceptors (Lipinski definition) is 4. The molecule has 2 N–H and O–H groups in total. The van der Waals surface area contributed by atoms with Crippen LogP contribution in [0.15, 0.2) is 30.5 Å². The number of benzene rings is 1. The summed E-state index contributed by atoms with van der Waals surface area (Å²) in [4.78, 5) is 17.0. The smallest absolute Gasteiger partial charge is 0.382 e. The lowest BCUT2D eigenvalue weighted by Crippen LogP contribution is -2.42. The Balaban J connectivity index is 1.48. The second-order valence-corrected chi connectivity index (χ2v) is 12.1. The summed E-state index contributed by atoms with van der Waals surface area (Å²) in [6, 6.07) is 5.96. The zero-order valence-corrected chi connectivity index (χ0v) is 25.9. The summed E-state index contributed by atoms with van der Waals surface area (Å²) >= 11 is 0. The standard InChI is InChI=1S/C33H44F5N5O/c1-4-6-7-8-9-10-11-13-22-16-17-27-25(18-22)28(20-29(42-27)33(36,37)38)40-23-14-12-15-24(19-23)41-31(44)26-21-39-43(5-2)30(26)32(3,34)35/h16-18,20-21,23-24H,4-15,19H2,1-3H3,(H,40,42)(H,41,44)/t23-,24+/m0/s1. The highest BCUT2D eigenvalue weighted by molar-refractivity contribution is 5.95. The van der Waals surface area contributed by atoms with Gasteiger partial charge in [0.2, 0.25) is 0 Å². The Morgan fingerprint density at radius 1 is 0.977 bits per heavy atom. The molecule has 4 rings (SSSR count). The van der Waals surface area contributed by atoms with Crippen molar-refractivity contribution in [3.8, 4) is 0 Å². The summed E-state index contributed by atoms with van der Waals surface area (Å²) in [7, 11) is 0. The zero-order valence-electron chi connectivity index (χ0n) is 25.9. The van der Waals surface area contributed by atoms with Crippen LogP contribution in [0.4, 0.5) is 27.6 Å². The van der Waals surface area contributed by atoms with Gasteiger partial charge >= 0.3 is 6.18 Å². The molecule has 0 unspecified atom stereocenters. The third-order valence-corrected chi connectivity index (χ3v) is 8.40. The van der Waals surface area contributed by atoms with Crippen LogP contribution in [0.3, 0.4) is 0 Å². The molecule has 1 fully saturated rings. The first-order valence-corrected chi connectivity index (χ1v) is 15.9. The molecule has 0 bridgehead atoms. The number of nitrogens with one attached hydrogen (secondary N) is 2. The molecule has 1 aliphatic carbocycles. The van der Waals surface area contributed by atoms with E-state index in [9.17, 15) is 26.7 Å². The quantitative estimate of drug-likeness (QED) is 0.139. The molecule has 0 spiro atoms. The molecule has 2 heterocycles. The first-order valence-electron chi connectivity index (χ1n) is 15.9. The van der Waals surface area contributed by atoms with E-state index in [-0.39, 0.29) is 29.7 Å². The van der Waals surface area contributed by atoms with Gasteiger partial charge in [0.1, 0.15) is 11.4 Å². The Morgan fingerprint density at radius 3 is 2.36 bits per heavy atom. The van der Waals surface area contributed by atoms with E-state index in [1.54, 1.807) is 13.0 Å². The van der Waals surface area contributed by atoms with Gasteiger partial charge in [0, 0.05) is 36.6 Å². The second-order valence-electron chi connectivity index (χ2n) is 12.1. The number of hydrogen-bond donors (Lipinski definition) is 2. The highest BCUT2D eigenvalue weighted by Gasteiger charge is 2.36. The Labute approximate surface area is 256 Å². The summed E-state index contributed by atoms with van der Waals surface area (Å²) in [5.41, 5.74) is 0.121. The number of anilines is 1. The number of alkyl halides is 5. The van der Waals surface area contributed by atoms with Gasteiger partial charge in [-0.3, -0.25) is 9.48 Å². The fraction of sp³-hybridized carbons (Fsp3) is 0.606. The molecule has 242 valence electrons. The minimum Gasteiger partial charge on any atom is -0.382 e. The maximum Gasteiger partial charge on any atom is 0.433 e. The number of unbranched alkanes of at least 4 members (excludes halogenated alkanes) is 6. The molecule has 2 atom stereocenters. The number of rotatable bonds is 14. The van der Waals surface area contributed by atoms with Crippen molar-refractivity contribution in [3.63, 3.8) is 0 Å². The third-order valence-electron chi connectivity index (χ3n) is 8.40. The maximum atomic E-state index is 14.3. The van der Waals surface area contributed by atoms with E-state index < -0.39 is 29.4 Å². The number of nitrogens with zero attached hydrogens (tertiary/aromatic N) is 3. The minimum absolute atomic E-state index is 0.169. The summed E-state index contributed by atoms with van der Waals surface area (Å²) in [6.07, 6.45) is 8.13. The second kappa shape index (κ2) is 14.7. The van der Waals surface area contributed by atoms with Crippen LogP contribution in [0.5, 0.6) is 0 Å². The number of aromatic nitrogens is 3. The molecule has 2 aromatic heterocycles.